The van der Waals surface area contributed by atoms with Crippen molar-refractivity contribution in [3.63, 3.8) is 0 Å². The number of rotatable bonds is 39. The van der Waals surface area contributed by atoms with Gasteiger partial charge in [-0.3, -0.25) is 18.6 Å². The van der Waals surface area contributed by atoms with Crippen molar-refractivity contribution in [2.45, 2.75) is 193 Å². The summed E-state index contributed by atoms with van der Waals surface area (Å²) in [5.74, 6) is -0.803. The second kappa shape index (κ2) is 36.1. The summed E-state index contributed by atoms with van der Waals surface area (Å²) < 4.78 is 34.3. The quantitative estimate of drug-likeness (QED) is 0.0216. The van der Waals surface area contributed by atoms with Crippen molar-refractivity contribution in [2.75, 3.05) is 47.5 Å². The number of phosphoric ester groups is 1. The molecule has 0 saturated carbocycles. The standard InChI is InChI=1S/C43H82NO8P/c1-6-8-10-12-14-16-18-20-21-22-23-24-26-28-30-32-34-36-43(46)52-41(40-51-53(47,48)50-38-37-44(3,4)5)39-49-42(45)35-33-31-29-27-25-19-17-15-13-11-9-7-2/h14,16,20-21,41H,6-13,15,17-19,22-40H2,1-5H3/p+1/b16-14-,21-20-/t41-/m1/s1. The number of hydrogen-bond acceptors (Lipinski definition) is 7. The van der Waals surface area contributed by atoms with Gasteiger partial charge in [0.15, 0.2) is 6.10 Å². The number of likely N-dealkylation sites (N-methyl/N-ethyl adjacent to an activating group) is 1. The lowest BCUT2D eigenvalue weighted by atomic mass is 10.0. The molecule has 0 radical (unpaired) electrons. The Bertz CT molecular complexity index is 964. The fourth-order valence-electron chi connectivity index (χ4n) is 5.81. The molecule has 1 unspecified atom stereocenters. The number of ether oxygens (including phenoxy) is 2. The molecule has 0 bridgehead atoms. The molecule has 1 N–H and O–H groups in total. The Kier molecular flexibility index (Phi) is 35.1. The third-order valence-electron chi connectivity index (χ3n) is 9.23. The maximum absolute atomic E-state index is 12.7. The van der Waals surface area contributed by atoms with E-state index < -0.39 is 26.5 Å². The third-order valence-corrected chi connectivity index (χ3v) is 10.2. The fraction of sp³-hybridized carbons (Fsp3) is 0.860. The van der Waals surface area contributed by atoms with Crippen LogP contribution in [0, 0.1) is 0 Å². The molecule has 0 heterocycles. The van der Waals surface area contributed by atoms with Crippen LogP contribution in [-0.2, 0) is 32.7 Å². The molecule has 2 atom stereocenters. The molecule has 10 heteroatoms. The number of allylic oxidation sites excluding steroid dienone is 4. The van der Waals surface area contributed by atoms with Gasteiger partial charge in [0.2, 0.25) is 0 Å². The summed E-state index contributed by atoms with van der Waals surface area (Å²) >= 11 is 0. The number of carbonyl (C=O) groups is 2. The zero-order valence-corrected chi connectivity index (χ0v) is 35.9. The summed E-state index contributed by atoms with van der Waals surface area (Å²) in [6.45, 7) is 4.39. The van der Waals surface area contributed by atoms with Crippen molar-refractivity contribution in [3.8, 4) is 0 Å². The minimum atomic E-state index is -4.37. The van der Waals surface area contributed by atoms with Gasteiger partial charge in [-0.25, -0.2) is 4.57 Å². The van der Waals surface area contributed by atoms with Gasteiger partial charge in [0.05, 0.1) is 27.7 Å². The van der Waals surface area contributed by atoms with E-state index in [0.717, 1.165) is 51.4 Å². The van der Waals surface area contributed by atoms with Crippen LogP contribution in [0.1, 0.15) is 187 Å². The van der Waals surface area contributed by atoms with E-state index in [9.17, 15) is 19.0 Å². The molecular weight excluding hydrogens is 689 g/mol. The summed E-state index contributed by atoms with van der Waals surface area (Å²) in [5.41, 5.74) is 0. The van der Waals surface area contributed by atoms with Crippen LogP contribution in [0.15, 0.2) is 24.3 Å². The van der Waals surface area contributed by atoms with E-state index >= 15 is 0 Å². The molecule has 0 spiro atoms. The molecule has 312 valence electrons. The first kappa shape index (κ1) is 51.5. The van der Waals surface area contributed by atoms with Crippen LogP contribution in [0.4, 0.5) is 0 Å². The van der Waals surface area contributed by atoms with E-state index in [2.05, 4.69) is 38.2 Å². The highest BCUT2D eigenvalue weighted by Gasteiger charge is 2.27. The van der Waals surface area contributed by atoms with Gasteiger partial charge >= 0.3 is 19.8 Å². The fourth-order valence-corrected chi connectivity index (χ4v) is 6.55. The average molecular weight is 773 g/mol. The van der Waals surface area contributed by atoms with Crippen LogP contribution < -0.4 is 0 Å². The number of quaternary nitrogens is 1. The van der Waals surface area contributed by atoms with Crippen LogP contribution in [0.5, 0.6) is 0 Å². The molecular formula is C43H83NO8P+. The normalized spacial score (nSPS) is 13.8. The molecule has 0 aromatic heterocycles. The zero-order valence-electron chi connectivity index (χ0n) is 35.0. The van der Waals surface area contributed by atoms with Crippen LogP contribution in [0.2, 0.25) is 0 Å². The van der Waals surface area contributed by atoms with Crippen molar-refractivity contribution in [3.05, 3.63) is 24.3 Å². The third kappa shape index (κ3) is 40.0. The molecule has 0 amide bonds. The van der Waals surface area contributed by atoms with Crippen LogP contribution in [0.3, 0.4) is 0 Å². The molecule has 53 heavy (non-hydrogen) atoms. The van der Waals surface area contributed by atoms with Crippen molar-refractivity contribution in [2.24, 2.45) is 0 Å². The maximum atomic E-state index is 12.7. The second-order valence-corrected chi connectivity index (χ2v) is 17.2. The molecule has 0 saturated heterocycles. The topological polar surface area (TPSA) is 108 Å². The Morgan fingerprint density at radius 3 is 1.53 bits per heavy atom. The van der Waals surface area contributed by atoms with Crippen LogP contribution >= 0.6 is 7.82 Å². The number of hydrogen-bond donors (Lipinski definition) is 1. The highest BCUT2D eigenvalue weighted by atomic mass is 31.2. The molecule has 0 fully saturated rings. The Hall–Kier alpha value is -1.51. The summed E-state index contributed by atoms with van der Waals surface area (Å²) in [4.78, 5) is 35.3. The highest BCUT2D eigenvalue weighted by molar-refractivity contribution is 7.47. The summed E-state index contributed by atoms with van der Waals surface area (Å²) in [6, 6.07) is 0. The van der Waals surface area contributed by atoms with Gasteiger partial charge in [-0.15, -0.1) is 0 Å². The van der Waals surface area contributed by atoms with Gasteiger partial charge in [0, 0.05) is 12.8 Å². The van der Waals surface area contributed by atoms with Gasteiger partial charge < -0.3 is 18.9 Å². The van der Waals surface area contributed by atoms with Gasteiger partial charge in [-0.1, -0.05) is 154 Å². The number of phosphoric acid groups is 1. The Labute approximate surface area is 326 Å². The second-order valence-electron chi connectivity index (χ2n) is 15.7. The minimum absolute atomic E-state index is 0.0317. The monoisotopic (exact) mass is 773 g/mol. The minimum Gasteiger partial charge on any atom is -0.462 e. The van der Waals surface area contributed by atoms with E-state index in [1.807, 2.05) is 21.1 Å². The van der Waals surface area contributed by atoms with Gasteiger partial charge in [-0.05, 0) is 44.9 Å². The Morgan fingerprint density at radius 1 is 0.585 bits per heavy atom. The van der Waals surface area contributed by atoms with Gasteiger partial charge in [0.25, 0.3) is 0 Å². The summed E-state index contributed by atoms with van der Waals surface area (Å²) in [6.07, 6.45) is 37.9. The number of nitrogens with zero attached hydrogens (tertiary/aromatic N) is 1. The van der Waals surface area contributed by atoms with E-state index in [4.69, 9.17) is 18.5 Å². The van der Waals surface area contributed by atoms with Gasteiger partial charge in [-0.2, -0.15) is 0 Å². The molecule has 0 aliphatic carbocycles. The van der Waals surface area contributed by atoms with Crippen molar-refractivity contribution in [1.82, 2.24) is 0 Å². The van der Waals surface area contributed by atoms with Crippen molar-refractivity contribution in [1.29, 1.82) is 0 Å². The van der Waals surface area contributed by atoms with E-state index in [1.165, 1.54) is 103 Å². The Morgan fingerprint density at radius 2 is 1.02 bits per heavy atom. The number of esters is 2. The summed E-state index contributed by atoms with van der Waals surface area (Å²) in [7, 11) is 1.47. The molecule has 0 aromatic rings. The highest BCUT2D eigenvalue weighted by Crippen LogP contribution is 2.43. The van der Waals surface area contributed by atoms with Crippen LogP contribution in [-0.4, -0.2) is 74.9 Å². The lowest BCUT2D eigenvalue weighted by molar-refractivity contribution is -0.870. The molecule has 0 rings (SSSR count). The van der Waals surface area contributed by atoms with E-state index in [0.29, 0.717) is 23.9 Å². The largest absolute Gasteiger partial charge is 0.472 e. The van der Waals surface area contributed by atoms with E-state index in [-0.39, 0.29) is 25.6 Å². The molecule has 0 aliphatic heterocycles. The summed E-state index contributed by atoms with van der Waals surface area (Å²) in [5, 5.41) is 0. The maximum Gasteiger partial charge on any atom is 0.472 e. The number of unbranched alkanes of at least 4 members (excludes halogenated alkanes) is 21. The van der Waals surface area contributed by atoms with Crippen molar-refractivity contribution >= 4 is 19.8 Å². The Balaban J connectivity index is 4.37. The predicted octanol–water partition coefficient (Wildman–Crippen LogP) is 12.0. The smallest absolute Gasteiger partial charge is 0.462 e. The first-order chi connectivity index (χ1) is 25.5. The zero-order chi connectivity index (χ0) is 39.3. The van der Waals surface area contributed by atoms with Crippen LogP contribution in [0.25, 0.3) is 0 Å². The first-order valence-electron chi connectivity index (χ1n) is 21.6. The molecule has 0 aliphatic rings. The lowest BCUT2D eigenvalue weighted by Crippen LogP contribution is -2.37. The van der Waals surface area contributed by atoms with E-state index in [1.54, 1.807) is 0 Å². The average Bonchev–Trinajstić information content (AvgIpc) is 3.10. The first-order valence-corrected chi connectivity index (χ1v) is 23.1. The molecule has 9 nitrogen and oxygen atoms in total. The molecule has 0 aromatic carbocycles. The van der Waals surface area contributed by atoms with Gasteiger partial charge in [0.1, 0.15) is 19.8 Å². The van der Waals surface area contributed by atoms with Crippen molar-refractivity contribution < 1.29 is 42.1 Å². The SMILES string of the molecule is CCCCC/C=C\C/C=C\CCCCCCCCCC(=O)O[C@H](COC(=O)CCCCCCCCCCCCCC)COP(=O)(O)OCC[N+](C)(C)C. The predicted molar refractivity (Wildman–Crippen MR) is 220 cm³/mol. The number of carbonyl (C=O) groups excluding carboxylic acids is 2. The lowest BCUT2D eigenvalue weighted by Gasteiger charge is -2.24.